The average molecular weight is 316 g/mol. The molecular weight excluding hydrogens is 288 g/mol. The zero-order chi connectivity index (χ0) is 17.0. The second kappa shape index (κ2) is 7.62. The minimum absolute atomic E-state index is 0.00394. The van der Waals surface area contributed by atoms with Crippen molar-refractivity contribution in [1.29, 1.82) is 0 Å². The molecule has 2 rings (SSSR count). The van der Waals surface area contributed by atoms with Gasteiger partial charge in [0.1, 0.15) is 6.04 Å². The lowest BCUT2D eigenvalue weighted by molar-refractivity contribution is -0.131. The van der Waals surface area contributed by atoms with Crippen molar-refractivity contribution in [2.24, 2.45) is 11.8 Å². The van der Waals surface area contributed by atoms with Crippen LogP contribution in [-0.4, -0.2) is 24.4 Å². The molecule has 126 valence electrons. The highest BCUT2D eigenvalue weighted by Gasteiger charge is 2.33. The van der Waals surface area contributed by atoms with Crippen LogP contribution >= 0.6 is 0 Å². The highest BCUT2D eigenvalue weighted by Crippen LogP contribution is 2.28. The van der Waals surface area contributed by atoms with Crippen LogP contribution in [-0.2, 0) is 16.0 Å². The predicted molar refractivity (Wildman–Crippen MR) is 93.3 cm³/mol. The van der Waals surface area contributed by atoms with E-state index < -0.39 is 6.04 Å². The first-order chi connectivity index (χ1) is 11.0. The summed E-state index contributed by atoms with van der Waals surface area (Å²) in [5.74, 6) is 0.0438. The maximum atomic E-state index is 13.0. The molecule has 2 amide bonds. The van der Waals surface area contributed by atoms with Crippen LogP contribution in [0.4, 0.5) is 5.69 Å². The number of nitrogens with zero attached hydrogens (tertiary/aromatic N) is 1. The van der Waals surface area contributed by atoms with Crippen molar-refractivity contribution in [3.63, 3.8) is 0 Å². The Morgan fingerprint density at radius 1 is 1.17 bits per heavy atom. The zero-order valence-electron chi connectivity index (χ0n) is 14.6. The number of fused-ring (bicyclic) bond motifs is 1. The van der Waals surface area contributed by atoms with Crippen LogP contribution in [0.25, 0.3) is 0 Å². The van der Waals surface area contributed by atoms with Gasteiger partial charge in [0, 0.05) is 18.2 Å². The van der Waals surface area contributed by atoms with Crippen molar-refractivity contribution in [1.82, 2.24) is 5.32 Å². The summed E-state index contributed by atoms with van der Waals surface area (Å²) in [4.78, 5) is 27.2. The topological polar surface area (TPSA) is 49.4 Å². The lowest BCUT2D eigenvalue weighted by Gasteiger charge is -2.28. The first-order valence-corrected chi connectivity index (χ1v) is 8.69. The largest absolute Gasteiger partial charge is 0.344 e. The molecule has 0 saturated heterocycles. The fourth-order valence-corrected chi connectivity index (χ4v) is 3.18. The second-order valence-electron chi connectivity index (χ2n) is 6.61. The van der Waals surface area contributed by atoms with Crippen LogP contribution in [0.15, 0.2) is 24.3 Å². The van der Waals surface area contributed by atoms with Crippen molar-refractivity contribution in [3.8, 4) is 0 Å². The molecule has 4 heteroatoms. The normalized spacial score (nSPS) is 15.0. The average Bonchev–Trinajstić information content (AvgIpc) is 2.97. The van der Waals surface area contributed by atoms with Gasteiger partial charge in [-0.05, 0) is 36.8 Å². The molecule has 1 aromatic rings. The van der Waals surface area contributed by atoms with E-state index in [1.54, 1.807) is 0 Å². The van der Waals surface area contributed by atoms with Gasteiger partial charge in [-0.3, -0.25) is 9.59 Å². The molecule has 1 aliphatic rings. The highest BCUT2D eigenvalue weighted by atomic mass is 16.2. The Morgan fingerprint density at radius 3 is 2.43 bits per heavy atom. The molecule has 23 heavy (non-hydrogen) atoms. The van der Waals surface area contributed by atoms with Gasteiger partial charge in [-0.25, -0.2) is 0 Å². The maximum absolute atomic E-state index is 13.0. The van der Waals surface area contributed by atoms with Crippen LogP contribution in [0.1, 0.15) is 46.1 Å². The maximum Gasteiger partial charge on any atom is 0.249 e. The first kappa shape index (κ1) is 17.5. The lowest BCUT2D eigenvalue weighted by Crippen LogP contribution is -2.52. The van der Waals surface area contributed by atoms with E-state index in [9.17, 15) is 9.59 Å². The Hall–Kier alpha value is -1.84. The Balaban J connectivity index is 2.15. The molecule has 0 spiro atoms. The fraction of sp³-hybridized carbons (Fsp3) is 0.579. The summed E-state index contributed by atoms with van der Waals surface area (Å²) >= 11 is 0. The molecule has 1 aliphatic heterocycles. The smallest absolute Gasteiger partial charge is 0.249 e. The monoisotopic (exact) mass is 316 g/mol. The highest BCUT2D eigenvalue weighted by molar-refractivity contribution is 6.01. The molecule has 0 unspecified atom stereocenters. The first-order valence-electron chi connectivity index (χ1n) is 8.69. The predicted octanol–water partition coefficient (Wildman–Crippen LogP) is 3.15. The molecule has 0 radical (unpaired) electrons. The Bertz CT molecular complexity index is 564. The van der Waals surface area contributed by atoms with Crippen LogP contribution in [0, 0.1) is 11.8 Å². The van der Waals surface area contributed by atoms with Gasteiger partial charge in [0.25, 0.3) is 0 Å². The van der Waals surface area contributed by atoms with Crippen LogP contribution in [0.3, 0.4) is 0 Å². The van der Waals surface area contributed by atoms with E-state index >= 15 is 0 Å². The Kier molecular flexibility index (Phi) is 5.80. The van der Waals surface area contributed by atoms with Crippen molar-refractivity contribution < 1.29 is 9.59 Å². The van der Waals surface area contributed by atoms with Crippen molar-refractivity contribution in [2.75, 3.05) is 11.4 Å². The van der Waals surface area contributed by atoms with E-state index in [1.165, 1.54) is 5.56 Å². The summed E-state index contributed by atoms with van der Waals surface area (Å²) in [5.41, 5.74) is 2.19. The number of para-hydroxylation sites is 1. The zero-order valence-corrected chi connectivity index (χ0v) is 14.6. The van der Waals surface area contributed by atoms with Gasteiger partial charge in [-0.2, -0.15) is 0 Å². The van der Waals surface area contributed by atoms with Gasteiger partial charge >= 0.3 is 0 Å². The SMILES string of the molecule is CCC(CC)C(=O)N[C@@H](C(=O)N1CCc2ccccc21)C(C)C. The van der Waals surface area contributed by atoms with Gasteiger partial charge in [0.2, 0.25) is 11.8 Å². The fourth-order valence-electron chi connectivity index (χ4n) is 3.18. The third-order valence-corrected chi connectivity index (χ3v) is 4.74. The number of carbonyl (C=O) groups excluding carboxylic acids is 2. The standard InChI is InChI=1S/C19H28N2O2/c1-5-14(6-2)18(22)20-17(13(3)4)19(23)21-12-11-15-9-7-8-10-16(15)21/h7-10,13-14,17H,5-6,11-12H2,1-4H3,(H,20,22)/t17-/m1/s1. The minimum Gasteiger partial charge on any atom is -0.344 e. The molecule has 0 bridgehead atoms. The van der Waals surface area contributed by atoms with E-state index in [0.29, 0.717) is 6.54 Å². The minimum atomic E-state index is -0.464. The molecule has 1 N–H and O–H groups in total. The van der Waals surface area contributed by atoms with Gasteiger partial charge in [0.15, 0.2) is 0 Å². The summed E-state index contributed by atoms with van der Waals surface area (Å²) in [5, 5.41) is 3.00. The number of hydrogen-bond donors (Lipinski definition) is 1. The molecule has 4 nitrogen and oxygen atoms in total. The number of benzene rings is 1. The third-order valence-electron chi connectivity index (χ3n) is 4.74. The quantitative estimate of drug-likeness (QED) is 0.876. The summed E-state index contributed by atoms with van der Waals surface area (Å²) in [6.07, 6.45) is 2.48. The molecule has 0 fully saturated rings. The summed E-state index contributed by atoms with van der Waals surface area (Å²) in [6, 6.07) is 7.55. The van der Waals surface area contributed by atoms with E-state index in [-0.39, 0.29) is 23.7 Å². The van der Waals surface area contributed by atoms with Crippen LogP contribution < -0.4 is 10.2 Å². The molecular formula is C19H28N2O2. The number of nitrogens with one attached hydrogen (secondary N) is 1. The summed E-state index contributed by atoms with van der Waals surface area (Å²) < 4.78 is 0. The summed E-state index contributed by atoms with van der Waals surface area (Å²) in [6.45, 7) is 8.69. The van der Waals surface area contributed by atoms with Crippen LogP contribution in [0.5, 0.6) is 0 Å². The van der Waals surface area contributed by atoms with Gasteiger partial charge < -0.3 is 10.2 Å². The van der Waals surface area contributed by atoms with Gasteiger partial charge in [-0.15, -0.1) is 0 Å². The number of rotatable bonds is 6. The van der Waals surface area contributed by atoms with E-state index in [2.05, 4.69) is 11.4 Å². The Morgan fingerprint density at radius 2 is 1.83 bits per heavy atom. The molecule has 0 saturated carbocycles. The number of amides is 2. The van der Waals surface area contributed by atoms with E-state index in [1.807, 2.05) is 50.8 Å². The molecule has 1 atom stereocenters. The van der Waals surface area contributed by atoms with Gasteiger partial charge in [-0.1, -0.05) is 45.9 Å². The number of anilines is 1. The van der Waals surface area contributed by atoms with Crippen molar-refractivity contribution in [3.05, 3.63) is 29.8 Å². The molecule has 0 aliphatic carbocycles. The molecule has 0 aromatic heterocycles. The molecule has 1 heterocycles. The lowest BCUT2D eigenvalue weighted by atomic mass is 9.98. The number of hydrogen-bond acceptors (Lipinski definition) is 2. The summed E-state index contributed by atoms with van der Waals surface area (Å²) in [7, 11) is 0. The second-order valence-corrected chi connectivity index (χ2v) is 6.61. The third kappa shape index (κ3) is 3.74. The van der Waals surface area contributed by atoms with Crippen LogP contribution in [0.2, 0.25) is 0 Å². The van der Waals surface area contributed by atoms with Gasteiger partial charge in [0.05, 0.1) is 0 Å². The van der Waals surface area contributed by atoms with E-state index in [4.69, 9.17) is 0 Å². The van der Waals surface area contributed by atoms with Crippen molar-refractivity contribution in [2.45, 2.75) is 53.0 Å². The number of carbonyl (C=O) groups is 2. The van der Waals surface area contributed by atoms with E-state index in [0.717, 1.165) is 24.9 Å². The molecule has 1 aromatic carbocycles. The van der Waals surface area contributed by atoms with Crippen molar-refractivity contribution >= 4 is 17.5 Å². The Labute approximate surface area is 139 Å².